The Labute approximate surface area is 140 Å². The Balaban J connectivity index is 1.93. The van der Waals surface area contributed by atoms with Crippen molar-refractivity contribution >= 4 is 20.9 Å². The molecule has 6 heteroatoms. The van der Waals surface area contributed by atoms with Crippen molar-refractivity contribution in [2.24, 2.45) is 0 Å². The second-order valence-electron chi connectivity index (χ2n) is 5.78. The van der Waals surface area contributed by atoms with E-state index in [9.17, 15) is 13.2 Å². The highest BCUT2D eigenvalue weighted by atomic mass is 32.2. The molecule has 24 heavy (non-hydrogen) atoms. The maximum atomic E-state index is 12.5. The highest BCUT2D eigenvalue weighted by Gasteiger charge is 2.15. The van der Waals surface area contributed by atoms with Gasteiger partial charge in [-0.05, 0) is 48.7 Å². The standard InChI is InChI=1S/C18H18N2O3S/c1-12-7-8-15(9-13(12)2)24(22,23)19-11-14-10-18(21)20-17-6-4-3-5-16(14)17/h3-10,19H,11H2,1-2H3,(H,20,21). The molecule has 0 radical (unpaired) electrons. The highest BCUT2D eigenvalue weighted by molar-refractivity contribution is 7.89. The first-order chi connectivity index (χ1) is 11.4. The van der Waals surface area contributed by atoms with Crippen LogP contribution in [0.25, 0.3) is 10.9 Å². The summed E-state index contributed by atoms with van der Waals surface area (Å²) in [5.74, 6) is 0. The number of pyridine rings is 1. The molecule has 0 amide bonds. The molecule has 2 N–H and O–H groups in total. The zero-order valence-corrected chi connectivity index (χ0v) is 14.3. The van der Waals surface area contributed by atoms with Crippen LogP contribution >= 0.6 is 0 Å². The fraction of sp³-hybridized carbons (Fsp3) is 0.167. The number of benzene rings is 2. The Kier molecular flexibility index (Phi) is 4.26. The molecule has 0 aliphatic heterocycles. The van der Waals surface area contributed by atoms with Crippen molar-refractivity contribution in [3.63, 3.8) is 0 Å². The molecule has 5 nitrogen and oxygen atoms in total. The van der Waals surface area contributed by atoms with Gasteiger partial charge in [-0.25, -0.2) is 13.1 Å². The van der Waals surface area contributed by atoms with Crippen LogP contribution in [-0.4, -0.2) is 13.4 Å². The Morgan fingerprint density at radius 2 is 1.75 bits per heavy atom. The number of fused-ring (bicyclic) bond motifs is 1. The molecule has 124 valence electrons. The summed E-state index contributed by atoms with van der Waals surface area (Å²) in [6, 6.07) is 13.7. The Hall–Kier alpha value is -2.44. The fourth-order valence-corrected chi connectivity index (χ4v) is 3.65. The third-order valence-corrected chi connectivity index (χ3v) is 5.48. The molecule has 0 unspecified atom stereocenters. The number of aryl methyl sites for hydroxylation is 2. The SMILES string of the molecule is Cc1ccc(S(=O)(=O)NCc2cc(=O)[nH]c3ccccc23)cc1C. The minimum Gasteiger partial charge on any atom is -0.322 e. The van der Waals surface area contributed by atoms with E-state index in [-0.39, 0.29) is 17.0 Å². The molecule has 2 aromatic carbocycles. The van der Waals surface area contributed by atoms with Gasteiger partial charge in [0.25, 0.3) is 0 Å². The monoisotopic (exact) mass is 342 g/mol. The Morgan fingerprint density at radius 3 is 2.50 bits per heavy atom. The van der Waals surface area contributed by atoms with E-state index in [4.69, 9.17) is 0 Å². The average molecular weight is 342 g/mol. The van der Waals surface area contributed by atoms with Crippen LogP contribution in [0.15, 0.2) is 58.2 Å². The topological polar surface area (TPSA) is 79.0 Å². The summed E-state index contributed by atoms with van der Waals surface area (Å²) < 4.78 is 27.6. The molecular weight excluding hydrogens is 324 g/mol. The lowest BCUT2D eigenvalue weighted by molar-refractivity contribution is 0.581. The first-order valence-electron chi connectivity index (χ1n) is 7.55. The van der Waals surface area contributed by atoms with Crippen LogP contribution in [0, 0.1) is 13.8 Å². The maximum Gasteiger partial charge on any atom is 0.248 e. The van der Waals surface area contributed by atoms with Gasteiger partial charge in [-0.2, -0.15) is 0 Å². The largest absolute Gasteiger partial charge is 0.322 e. The van der Waals surface area contributed by atoms with E-state index in [1.165, 1.54) is 6.07 Å². The molecule has 0 aliphatic carbocycles. The number of para-hydroxylation sites is 1. The lowest BCUT2D eigenvalue weighted by Crippen LogP contribution is -2.24. The van der Waals surface area contributed by atoms with Crippen molar-refractivity contribution in [2.45, 2.75) is 25.3 Å². The van der Waals surface area contributed by atoms with E-state index in [0.29, 0.717) is 11.1 Å². The van der Waals surface area contributed by atoms with Gasteiger partial charge in [-0.15, -0.1) is 0 Å². The molecule has 0 saturated carbocycles. The van der Waals surface area contributed by atoms with Gasteiger partial charge in [0.15, 0.2) is 0 Å². The summed E-state index contributed by atoms with van der Waals surface area (Å²) >= 11 is 0. The third kappa shape index (κ3) is 3.25. The summed E-state index contributed by atoms with van der Waals surface area (Å²) in [5.41, 5.74) is 3.02. The molecule has 1 heterocycles. The van der Waals surface area contributed by atoms with E-state index in [0.717, 1.165) is 16.5 Å². The van der Waals surface area contributed by atoms with Crippen LogP contribution in [0.3, 0.4) is 0 Å². The molecule has 0 fully saturated rings. The predicted octanol–water partition coefficient (Wildman–Crippen LogP) is 2.62. The number of hydrogen-bond donors (Lipinski definition) is 2. The summed E-state index contributed by atoms with van der Waals surface area (Å²) in [6.07, 6.45) is 0. The Bertz CT molecular complexity index is 1070. The molecule has 1 aromatic heterocycles. The summed E-state index contributed by atoms with van der Waals surface area (Å²) in [7, 11) is -3.64. The minimum atomic E-state index is -3.64. The quantitative estimate of drug-likeness (QED) is 0.765. The number of aromatic nitrogens is 1. The van der Waals surface area contributed by atoms with Crippen molar-refractivity contribution in [2.75, 3.05) is 0 Å². The summed E-state index contributed by atoms with van der Waals surface area (Å²) in [6.45, 7) is 3.86. The van der Waals surface area contributed by atoms with E-state index < -0.39 is 10.0 Å². The zero-order chi connectivity index (χ0) is 17.3. The number of H-pyrrole nitrogens is 1. The first kappa shape index (κ1) is 16.4. The highest BCUT2D eigenvalue weighted by Crippen LogP contribution is 2.17. The van der Waals surface area contributed by atoms with Gasteiger partial charge < -0.3 is 4.98 Å². The van der Waals surface area contributed by atoms with Gasteiger partial charge in [0.1, 0.15) is 0 Å². The number of sulfonamides is 1. The van der Waals surface area contributed by atoms with Gasteiger partial charge in [-0.1, -0.05) is 24.3 Å². The van der Waals surface area contributed by atoms with Gasteiger partial charge in [0, 0.05) is 23.5 Å². The zero-order valence-electron chi connectivity index (χ0n) is 13.5. The normalized spacial score (nSPS) is 11.8. The third-order valence-electron chi connectivity index (χ3n) is 4.08. The second kappa shape index (κ2) is 6.22. The molecular formula is C18H18N2O3S. The van der Waals surface area contributed by atoms with Crippen molar-refractivity contribution in [1.82, 2.24) is 9.71 Å². The van der Waals surface area contributed by atoms with Crippen LogP contribution in [0.1, 0.15) is 16.7 Å². The van der Waals surface area contributed by atoms with E-state index in [1.54, 1.807) is 24.3 Å². The molecule has 0 aliphatic rings. The lowest BCUT2D eigenvalue weighted by Gasteiger charge is -2.10. The summed E-state index contributed by atoms with van der Waals surface area (Å²) in [4.78, 5) is 14.7. The first-order valence-corrected chi connectivity index (χ1v) is 9.03. The van der Waals surface area contributed by atoms with Crippen molar-refractivity contribution in [3.05, 3.63) is 75.6 Å². The molecule has 0 saturated heterocycles. The fourth-order valence-electron chi connectivity index (χ4n) is 2.56. The molecule has 0 spiro atoms. The van der Waals surface area contributed by atoms with Crippen LogP contribution in [0.5, 0.6) is 0 Å². The molecule has 3 rings (SSSR count). The Morgan fingerprint density at radius 1 is 1.00 bits per heavy atom. The predicted molar refractivity (Wildman–Crippen MR) is 94.5 cm³/mol. The average Bonchev–Trinajstić information content (AvgIpc) is 2.55. The van der Waals surface area contributed by atoms with Crippen molar-refractivity contribution in [3.8, 4) is 0 Å². The van der Waals surface area contributed by atoms with Gasteiger partial charge in [0.2, 0.25) is 15.6 Å². The maximum absolute atomic E-state index is 12.5. The minimum absolute atomic E-state index is 0.0552. The van der Waals surface area contributed by atoms with Crippen molar-refractivity contribution < 1.29 is 8.42 Å². The van der Waals surface area contributed by atoms with E-state index >= 15 is 0 Å². The number of hydrogen-bond acceptors (Lipinski definition) is 3. The van der Waals surface area contributed by atoms with E-state index in [2.05, 4.69) is 9.71 Å². The number of rotatable bonds is 4. The second-order valence-corrected chi connectivity index (χ2v) is 7.54. The number of aromatic amines is 1. The van der Waals surface area contributed by atoms with Gasteiger partial charge >= 0.3 is 0 Å². The van der Waals surface area contributed by atoms with Crippen LogP contribution in [0.2, 0.25) is 0 Å². The smallest absolute Gasteiger partial charge is 0.248 e. The van der Waals surface area contributed by atoms with Crippen LogP contribution < -0.4 is 10.3 Å². The van der Waals surface area contributed by atoms with Crippen LogP contribution in [-0.2, 0) is 16.6 Å². The molecule has 0 atom stereocenters. The molecule has 0 bridgehead atoms. The summed E-state index contributed by atoms with van der Waals surface area (Å²) in [5, 5.41) is 0.819. The molecule has 3 aromatic rings. The van der Waals surface area contributed by atoms with Crippen molar-refractivity contribution in [1.29, 1.82) is 0 Å². The number of nitrogens with one attached hydrogen (secondary N) is 2. The van der Waals surface area contributed by atoms with Crippen LogP contribution in [0.4, 0.5) is 0 Å². The van der Waals surface area contributed by atoms with Gasteiger partial charge in [0.05, 0.1) is 4.90 Å². The van der Waals surface area contributed by atoms with E-state index in [1.807, 2.05) is 32.0 Å². The lowest BCUT2D eigenvalue weighted by atomic mass is 10.1. The van der Waals surface area contributed by atoms with Gasteiger partial charge in [-0.3, -0.25) is 4.79 Å².